The number of ether oxygens (including phenoxy) is 1. The van der Waals surface area contributed by atoms with E-state index in [1.165, 1.54) is 0 Å². The fourth-order valence-electron chi connectivity index (χ4n) is 4.81. The summed E-state index contributed by atoms with van der Waals surface area (Å²) in [6.45, 7) is 7.67. The Kier molecular flexibility index (Phi) is 7.51. The Labute approximate surface area is 195 Å². The molecule has 4 rings (SSSR count). The van der Waals surface area contributed by atoms with Crippen molar-refractivity contribution in [2.24, 2.45) is 5.92 Å². The summed E-state index contributed by atoms with van der Waals surface area (Å²) >= 11 is 5.88. The summed E-state index contributed by atoms with van der Waals surface area (Å²) in [7, 11) is 0. The van der Waals surface area contributed by atoms with Crippen molar-refractivity contribution in [3.63, 3.8) is 0 Å². The Morgan fingerprint density at radius 2 is 1.91 bits per heavy atom. The van der Waals surface area contributed by atoms with Gasteiger partial charge in [0, 0.05) is 31.2 Å². The number of carbonyl (C=O) groups excluding carboxylic acids is 1. The SMILES string of the molecule is Cc1cc(OCCCC2CCN(c3ncc(Cl)cn3)CC2)ccc1C(=O)N1CCCC1C. The number of benzene rings is 1. The molecular formula is C25H33ClN4O2. The fourth-order valence-corrected chi connectivity index (χ4v) is 4.91. The van der Waals surface area contributed by atoms with Crippen molar-refractivity contribution in [2.75, 3.05) is 31.1 Å². The third kappa shape index (κ3) is 5.52. The molecule has 1 unspecified atom stereocenters. The van der Waals surface area contributed by atoms with Crippen molar-refractivity contribution in [1.29, 1.82) is 0 Å². The molecule has 0 N–H and O–H groups in total. The average Bonchev–Trinajstić information content (AvgIpc) is 3.23. The van der Waals surface area contributed by atoms with Crippen LogP contribution in [0.1, 0.15) is 61.4 Å². The number of likely N-dealkylation sites (tertiary alicyclic amines) is 1. The molecule has 1 amide bonds. The van der Waals surface area contributed by atoms with E-state index < -0.39 is 0 Å². The Hall–Kier alpha value is -2.34. The second kappa shape index (κ2) is 10.5. The molecule has 1 aromatic heterocycles. The zero-order valence-corrected chi connectivity index (χ0v) is 19.9. The van der Waals surface area contributed by atoms with Gasteiger partial charge in [-0.15, -0.1) is 0 Å². The highest BCUT2D eigenvalue weighted by molar-refractivity contribution is 6.30. The number of carbonyl (C=O) groups is 1. The third-order valence-corrected chi connectivity index (χ3v) is 6.97. The maximum Gasteiger partial charge on any atom is 0.254 e. The summed E-state index contributed by atoms with van der Waals surface area (Å²) < 4.78 is 5.99. The number of halogens is 1. The lowest BCUT2D eigenvalue weighted by Crippen LogP contribution is -2.34. The topological polar surface area (TPSA) is 58.6 Å². The van der Waals surface area contributed by atoms with Crippen LogP contribution in [-0.4, -0.2) is 53.1 Å². The summed E-state index contributed by atoms with van der Waals surface area (Å²) in [6.07, 6.45) is 10.0. The van der Waals surface area contributed by atoms with E-state index in [4.69, 9.17) is 16.3 Å². The van der Waals surface area contributed by atoms with Crippen LogP contribution < -0.4 is 9.64 Å². The zero-order valence-electron chi connectivity index (χ0n) is 19.1. The number of aromatic nitrogens is 2. The molecule has 2 aliphatic heterocycles. The van der Waals surface area contributed by atoms with Crippen molar-refractivity contribution < 1.29 is 9.53 Å². The van der Waals surface area contributed by atoms with Gasteiger partial charge in [0.05, 0.1) is 24.0 Å². The Balaban J connectivity index is 1.19. The van der Waals surface area contributed by atoms with Gasteiger partial charge < -0.3 is 14.5 Å². The Morgan fingerprint density at radius 1 is 1.16 bits per heavy atom. The van der Waals surface area contributed by atoms with E-state index in [9.17, 15) is 4.79 Å². The number of hydrogen-bond donors (Lipinski definition) is 0. The molecule has 0 saturated carbocycles. The molecule has 1 atom stereocenters. The lowest BCUT2D eigenvalue weighted by Gasteiger charge is -2.32. The highest BCUT2D eigenvalue weighted by Crippen LogP contribution is 2.26. The van der Waals surface area contributed by atoms with E-state index in [1.807, 2.05) is 30.0 Å². The molecule has 0 aliphatic carbocycles. The normalized spacial score (nSPS) is 19.4. The van der Waals surface area contributed by atoms with Gasteiger partial charge in [-0.3, -0.25) is 4.79 Å². The van der Waals surface area contributed by atoms with E-state index in [0.717, 1.165) is 81.0 Å². The molecule has 2 fully saturated rings. The van der Waals surface area contributed by atoms with Crippen LogP contribution in [0.25, 0.3) is 0 Å². The van der Waals surface area contributed by atoms with Crippen molar-refractivity contribution in [3.05, 3.63) is 46.7 Å². The number of nitrogens with zero attached hydrogens (tertiary/aromatic N) is 4. The smallest absolute Gasteiger partial charge is 0.254 e. The van der Waals surface area contributed by atoms with E-state index in [-0.39, 0.29) is 5.91 Å². The summed E-state index contributed by atoms with van der Waals surface area (Å²) in [5.74, 6) is 2.48. The molecular weight excluding hydrogens is 424 g/mol. The minimum atomic E-state index is 0.148. The first-order valence-corrected chi connectivity index (χ1v) is 12.2. The van der Waals surface area contributed by atoms with Crippen molar-refractivity contribution in [2.45, 2.75) is 58.4 Å². The quantitative estimate of drug-likeness (QED) is 0.540. The predicted molar refractivity (Wildman–Crippen MR) is 128 cm³/mol. The number of rotatable bonds is 7. The van der Waals surface area contributed by atoms with Gasteiger partial charge in [0.15, 0.2) is 0 Å². The molecule has 2 saturated heterocycles. The van der Waals surface area contributed by atoms with Gasteiger partial charge in [0.1, 0.15) is 5.75 Å². The number of hydrogen-bond acceptors (Lipinski definition) is 5. The van der Waals surface area contributed by atoms with Gasteiger partial charge in [0.2, 0.25) is 5.95 Å². The summed E-state index contributed by atoms with van der Waals surface area (Å²) in [4.78, 5) is 25.7. The van der Waals surface area contributed by atoms with Gasteiger partial charge in [0.25, 0.3) is 5.91 Å². The van der Waals surface area contributed by atoms with Gasteiger partial charge in [-0.05, 0) is 82.1 Å². The van der Waals surface area contributed by atoms with Crippen LogP contribution >= 0.6 is 11.6 Å². The van der Waals surface area contributed by atoms with Crippen LogP contribution in [0.5, 0.6) is 5.75 Å². The molecule has 3 heterocycles. The predicted octanol–water partition coefficient (Wildman–Crippen LogP) is 5.14. The monoisotopic (exact) mass is 456 g/mol. The summed E-state index contributed by atoms with van der Waals surface area (Å²) in [5.41, 5.74) is 1.78. The highest BCUT2D eigenvalue weighted by Gasteiger charge is 2.27. The molecule has 0 bridgehead atoms. The van der Waals surface area contributed by atoms with Crippen molar-refractivity contribution in [1.82, 2.24) is 14.9 Å². The first-order chi connectivity index (χ1) is 15.5. The molecule has 172 valence electrons. The minimum absolute atomic E-state index is 0.148. The van der Waals surface area contributed by atoms with Crippen LogP contribution in [0.4, 0.5) is 5.95 Å². The summed E-state index contributed by atoms with van der Waals surface area (Å²) in [6, 6.07) is 6.19. The Morgan fingerprint density at radius 3 is 2.56 bits per heavy atom. The summed E-state index contributed by atoms with van der Waals surface area (Å²) in [5, 5.41) is 0.571. The number of anilines is 1. The molecule has 6 nitrogen and oxygen atoms in total. The van der Waals surface area contributed by atoms with E-state index in [2.05, 4.69) is 21.8 Å². The third-order valence-electron chi connectivity index (χ3n) is 6.77. The number of piperidine rings is 1. The minimum Gasteiger partial charge on any atom is -0.494 e. The lowest BCUT2D eigenvalue weighted by molar-refractivity contribution is 0.0746. The second-order valence-corrected chi connectivity index (χ2v) is 9.53. The lowest BCUT2D eigenvalue weighted by atomic mass is 9.92. The molecule has 1 aromatic carbocycles. The fraction of sp³-hybridized carbons (Fsp3) is 0.560. The largest absolute Gasteiger partial charge is 0.494 e. The van der Waals surface area contributed by atoms with Crippen molar-refractivity contribution >= 4 is 23.5 Å². The van der Waals surface area contributed by atoms with E-state index >= 15 is 0 Å². The van der Waals surface area contributed by atoms with E-state index in [0.29, 0.717) is 23.6 Å². The van der Waals surface area contributed by atoms with Crippen LogP contribution in [0.2, 0.25) is 5.02 Å². The number of aryl methyl sites for hydroxylation is 1. The van der Waals surface area contributed by atoms with Gasteiger partial charge >= 0.3 is 0 Å². The van der Waals surface area contributed by atoms with Gasteiger partial charge in [-0.1, -0.05) is 11.6 Å². The molecule has 0 radical (unpaired) electrons. The first-order valence-electron chi connectivity index (χ1n) is 11.8. The molecule has 2 aromatic rings. The molecule has 0 spiro atoms. The molecule has 32 heavy (non-hydrogen) atoms. The molecule has 2 aliphatic rings. The van der Waals surface area contributed by atoms with Crippen LogP contribution in [-0.2, 0) is 0 Å². The van der Waals surface area contributed by atoms with Gasteiger partial charge in [-0.25, -0.2) is 9.97 Å². The maximum absolute atomic E-state index is 12.8. The van der Waals surface area contributed by atoms with Crippen LogP contribution in [0, 0.1) is 12.8 Å². The van der Waals surface area contributed by atoms with Crippen molar-refractivity contribution in [3.8, 4) is 5.75 Å². The highest BCUT2D eigenvalue weighted by atomic mass is 35.5. The van der Waals surface area contributed by atoms with Crippen LogP contribution in [0.15, 0.2) is 30.6 Å². The van der Waals surface area contributed by atoms with Crippen LogP contribution in [0.3, 0.4) is 0 Å². The first kappa shape index (κ1) is 22.8. The Bertz CT molecular complexity index is 913. The molecule has 7 heteroatoms. The van der Waals surface area contributed by atoms with E-state index in [1.54, 1.807) is 12.4 Å². The standard InChI is InChI=1S/C25H33ClN4O2/c1-18-15-22(7-8-23(18)24(31)30-11-3-5-19(30)2)32-14-4-6-20-9-12-29(13-10-20)25-27-16-21(26)17-28-25/h7-8,15-17,19-20H,3-6,9-14H2,1-2H3. The zero-order chi connectivity index (χ0) is 22.5. The average molecular weight is 457 g/mol. The maximum atomic E-state index is 12.8. The second-order valence-electron chi connectivity index (χ2n) is 9.09. The van der Waals surface area contributed by atoms with Gasteiger partial charge in [-0.2, -0.15) is 0 Å². The number of amides is 1.